The summed E-state index contributed by atoms with van der Waals surface area (Å²) in [5, 5.41) is 10.6. The average Bonchev–Trinajstić information content (AvgIpc) is 2.28. The molecule has 0 fully saturated rings. The lowest BCUT2D eigenvalue weighted by Crippen LogP contribution is -2.35. The van der Waals surface area contributed by atoms with Crippen LogP contribution in [0.1, 0.15) is 6.92 Å². The molecule has 7 nitrogen and oxygen atoms in total. The smallest absolute Gasteiger partial charge is 0.289 e. The zero-order valence-electron chi connectivity index (χ0n) is 10.3. The number of rotatable bonds is 6. The van der Waals surface area contributed by atoms with Crippen molar-refractivity contribution in [1.29, 1.82) is 0 Å². The molecule has 0 saturated carbocycles. The first kappa shape index (κ1) is 15.8. The largest absolute Gasteiger partial charge is 0.383 e. The van der Waals surface area contributed by atoms with E-state index in [2.05, 4.69) is 4.72 Å². The van der Waals surface area contributed by atoms with Crippen molar-refractivity contribution < 1.29 is 18.1 Å². The Morgan fingerprint density at radius 3 is 2.68 bits per heavy atom. The highest BCUT2D eigenvalue weighted by atomic mass is 35.5. The van der Waals surface area contributed by atoms with E-state index >= 15 is 0 Å². The van der Waals surface area contributed by atoms with E-state index in [9.17, 15) is 18.5 Å². The van der Waals surface area contributed by atoms with Gasteiger partial charge < -0.3 is 4.74 Å². The van der Waals surface area contributed by atoms with Crippen LogP contribution in [0.2, 0.25) is 5.02 Å². The predicted octanol–water partition coefficient (Wildman–Crippen LogP) is 1.56. The van der Waals surface area contributed by atoms with Gasteiger partial charge in [0.05, 0.1) is 16.4 Å². The Hall–Kier alpha value is -1.22. The Morgan fingerprint density at radius 2 is 2.16 bits per heavy atom. The molecule has 0 heterocycles. The van der Waals surface area contributed by atoms with Gasteiger partial charge in [-0.25, -0.2) is 13.1 Å². The van der Waals surface area contributed by atoms with Crippen LogP contribution in [0.25, 0.3) is 0 Å². The maximum atomic E-state index is 12.0. The highest BCUT2D eigenvalue weighted by Gasteiger charge is 2.22. The number of halogens is 1. The third kappa shape index (κ3) is 4.13. The van der Waals surface area contributed by atoms with E-state index in [0.29, 0.717) is 0 Å². The van der Waals surface area contributed by atoms with Gasteiger partial charge >= 0.3 is 0 Å². The van der Waals surface area contributed by atoms with Crippen LogP contribution in [0, 0.1) is 10.1 Å². The summed E-state index contributed by atoms with van der Waals surface area (Å²) >= 11 is 5.62. The molecule has 0 bridgehead atoms. The van der Waals surface area contributed by atoms with Gasteiger partial charge in [-0.15, -0.1) is 0 Å². The monoisotopic (exact) mass is 308 g/mol. The minimum Gasteiger partial charge on any atom is -0.383 e. The number of ether oxygens (including phenoxy) is 1. The molecule has 0 unspecified atom stereocenters. The van der Waals surface area contributed by atoms with E-state index in [1.165, 1.54) is 19.2 Å². The van der Waals surface area contributed by atoms with E-state index < -0.39 is 26.7 Å². The van der Waals surface area contributed by atoms with E-state index in [1.54, 1.807) is 6.92 Å². The molecule has 0 radical (unpaired) electrons. The molecule has 0 amide bonds. The number of nitro benzene ring substituents is 1. The Labute approximate surface area is 115 Å². The summed E-state index contributed by atoms with van der Waals surface area (Å²) in [6, 6.07) is 2.85. The van der Waals surface area contributed by atoms with Gasteiger partial charge in [0.25, 0.3) is 5.69 Å². The van der Waals surface area contributed by atoms with Crippen molar-refractivity contribution in [3.63, 3.8) is 0 Å². The molecule has 0 aromatic heterocycles. The Kier molecular flexibility index (Phi) is 5.24. The van der Waals surface area contributed by atoms with E-state index in [0.717, 1.165) is 6.07 Å². The molecule has 0 aliphatic heterocycles. The van der Waals surface area contributed by atoms with Crippen LogP contribution in [0.5, 0.6) is 0 Å². The van der Waals surface area contributed by atoms with E-state index in [4.69, 9.17) is 16.3 Å². The van der Waals surface area contributed by atoms with Crippen LogP contribution in [0.15, 0.2) is 23.1 Å². The minimum atomic E-state index is -3.85. The summed E-state index contributed by atoms with van der Waals surface area (Å²) in [5.74, 6) is 0. The summed E-state index contributed by atoms with van der Waals surface area (Å²) < 4.78 is 31.1. The van der Waals surface area contributed by atoms with Crippen LogP contribution >= 0.6 is 11.6 Å². The molecule has 106 valence electrons. The standard InChI is InChI=1S/C10H13ClN2O5S/c1-7(6-18-2)12-19(16,17)8-3-4-9(11)10(5-8)13(14)15/h3-5,7,12H,6H2,1-2H3/t7-/m0/s1. The highest BCUT2D eigenvalue weighted by molar-refractivity contribution is 7.89. The second-order valence-corrected chi connectivity index (χ2v) is 5.97. The molecule has 1 aromatic rings. The second kappa shape index (κ2) is 6.29. The number of nitro groups is 1. The van der Waals surface area contributed by atoms with Crippen molar-refractivity contribution in [2.45, 2.75) is 17.9 Å². The van der Waals surface area contributed by atoms with E-state index in [-0.39, 0.29) is 16.5 Å². The minimum absolute atomic E-state index is 0.117. The van der Waals surface area contributed by atoms with Crippen LogP contribution in [0.3, 0.4) is 0 Å². The fourth-order valence-corrected chi connectivity index (χ4v) is 2.85. The normalized spacial score (nSPS) is 13.2. The molecule has 1 rings (SSSR count). The number of nitrogens with zero attached hydrogens (tertiary/aromatic N) is 1. The molecular weight excluding hydrogens is 296 g/mol. The fraction of sp³-hybridized carbons (Fsp3) is 0.400. The highest BCUT2D eigenvalue weighted by Crippen LogP contribution is 2.27. The van der Waals surface area contributed by atoms with Gasteiger partial charge in [0.2, 0.25) is 10.0 Å². The molecule has 9 heteroatoms. The molecule has 0 aliphatic carbocycles. The van der Waals surface area contributed by atoms with Crippen molar-refractivity contribution in [3.05, 3.63) is 33.3 Å². The van der Waals surface area contributed by atoms with Crippen molar-refractivity contribution in [3.8, 4) is 0 Å². The average molecular weight is 309 g/mol. The first-order valence-electron chi connectivity index (χ1n) is 5.23. The fourth-order valence-electron chi connectivity index (χ4n) is 1.42. The number of sulfonamides is 1. The molecule has 0 saturated heterocycles. The molecule has 1 N–H and O–H groups in total. The number of nitrogens with one attached hydrogen (secondary N) is 1. The van der Waals surface area contributed by atoms with Gasteiger partial charge in [0.1, 0.15) is 5.02 Å². The maximum Gasteiger partial charge on any atom is 0.289 e. The zero-order valence-corrected chi connectivity index (χ0v) is 11.9. The molecule has 19 heavy (non-hydrogen) atoms. The van der Waals surface area contributed by atoms with Gasteiger partial charge in [0.15, 0.2) is 0 Å². The number of methoxy groups -OCH3 is 1. The number of hydrogen-bond acceptors (Lipinski definition) is 5. The second-order valence-electron chi connectivity index (χ2n) is 3.85. The lowest BCUT2D eigenvalue weighted by atomic mass is 10.3. The molecule has 1 atom stereocenters. The maximum absolute atomic E-state index is 12.0. The number of benzene rings is 1. The van der Waals surface area contributed by atoms with Crippen molar-refractivity contribution in [2.24, 2.45) is 0 Å². The number of hydrogen-bond donors (Lipinski definition) is 1. The van der Waals surface area contributed by atoms with Gasteiger partial charge in [-0.05, 0) is 19.1 Å². The molecular formula is C10H13ClN2O5S. The van der Waals surface area contributed by atoms with Crippen LogP contribution in [-0.4, -0.2) is 33.1 Å². The first-order valence-corrected chi connectivity index (χ1v) is 7.09. The van der Waals surface area contributed by atoms with Crippen LogP contribution in [0.4, 0.5) is 5.69 Å². The van der Waals surface area contributed by atoms with Crippen LogP contribution in [-0.2, 0) is 14.8 Å². The lowest BCUT2D eigenvalue weighted by Gasteiger charge is -2.13. The Bertz CT molecular complexity index is 575. The van der Waals surface area contributed by atoms with Gasteiger partial charge in [0, 0.05) is 19.2 Å². The van der Waals surface area contributed by atoms with Crippen molar-refractivity contribution in [2.75, 3.05) is 13.7 Å². The SMILES string of the molecule is COC[C@H](C)NS(=O)(=O)c1ccc(Cl)c([N+](=O)[O-])c1. The predicted molar refractivity (Wildman–Crippen MR) is 69.8 cm³/mol. The van der Waals surface area contributed by atoms with Gasteiger partial charge in [-0.1, -0.05) is 11.6 Å². The lowest BCUT2D eigenvalue weighted by molar-refractivity contribution is -0.384. The van der Waals surface area contributed by atoms with E-state index in [1.807, 2.05) is 0 Å². The summed E-state index contributed by atoms with van der Waals surface area (Å²) in [4.78, 5) is 9.76. The third-order valence-electron chi connectivity index (χ3n) is 2.20. The van der Waals surface area contributed by atoms with Crippen molar-refractivity contribution >= 4 is 27.3 Å². The summed E-state index contributed by atoms with van der Waals surface area (Å²) in [7, 11) is -2.41. The summed E-state index contributed by atoms with van der Waals surface area (Å²) in [6.45, 7) is 1.81. The van der Waals surface area contributed by atoms with Gasteiger partial charge in [-0.2, -0.15) is 0 Å². The topological polar surface area (TPSA) is 98.5 Å². The molecule has 0 aliphatic rings. The third-order valence-corrected chi connectivity index (χ3v) is 4.10. The first-order chi connectivity index (χ1) is 8.77. The summed E-state index contributed by atoms with van der Waals surface area (Å²) in [5.41, 5.74) is -0.455. The van der Waals surface area contributed by atoms with Gasteiger partial charge in [-0.3, -0.25) is 10.1 Å². The Balaban J connectivity index is 3.08. The van der Waals surface area contributed by atoms with Crippen molar-refractivity contribution in [1.82, 2.24) is 4.72 Å². The molecule has 0 spiro atoms. The molecule has 1 aromatic carbocycles. The quantitative estimate of drug-likeness (QED) is 0.635. The van der Waals surface area contributed by atoms with Crippen LogP contribution < -0.4 is 4.72 Å². The Morgan fingerprint density at radius 1 is 1.53 bits per heavy atom. The zero-order chi connectivity index (χ0) is 14.6. The summed E-state index contributed by atoms with van der Waals surface area (Å²) in [6.07, 6.45) is 0.